The van der Waals surface area contributed by atoms with Gasteiger partial charge in [0.15, 0.2) is 0 Å². The first kappa shape index (κ1) is 15.5. The number of nitrogens with zero attached hydrogens (tertiary/aromatic N) is 6. The number of likely N-dealkylation sites (tertiary alicyclic amines) is 2. The summed E-state index contributed by atoms with van der Waals surface area (Å²) < 4.78 is 1.65. The van der Waals surface area contributed by atoms with E-state index in [2.05, 4.69) is 26.9 Å². The fraction of sp³-hybridized carbons (Fsp3) is 0.647. The van der Waals surface area contributed by atoms with Crippen LogP contribution < -0.4 is 0 Å². The molecule has 2 aliphatic rings. The molecule has 0 bridgehead atoms. The number of carbonyl (C=O) groups excluding carboxylic acids is 1. The van der Waals surface area contributed by atoms with Gasteiger partial charge < -0.3 is 4.90 Å². The minimum absolute atomic E-state index is 0.0506. The van der Waals surface area contributed by atoms with Gasteiger partial charge in [-0.15, -0.1) is 5.10 Å². The number of aromatic nitrogens is 4. The van der Waals surface area contributed by atoms with Crippen molar-refractivity contribution in [2.75, 3.05) is 19.6 Å². The molecule has 128 valence electrons. The number of amides is 1. The van der Waals surface area contributed by atoms with Crippen molar-refractivity contribution in [3.8, 4) is 0 Å². The zero-order chi connectivity index (χ0) is 16.7. The Bertz CT molecular complexity index is 757. The lowest BCUT2D eigenvalue weighted by Gasteiger charge is -2.34. The number of fused-ring (bicyclic) bond motifs is 1. The molecule has 4 heterocycles. The van der Waals surface area contributed by atoms with Gasteiger partial charge in [-0.1, -0.05) is 6.92 Å². The zero-order valence-electron chi connectivity index (χ0n) is 14.4. The summed E-state index contributed by atoms with van der Waals surface area (Å²) in [7, 11) is 0. The van der Waals surface area contributed by atoms with Gasteiger partial charge in [0.25, 0.3) is 11.7 Å². The molecule has 2 aromatic heterocycles. The molecule has 0 spiro atoms. The Morgan fingerprint density at radius 3 is 2.83 bits per heavy atom. The summed E-state index contributed by atoms with van der Waals surface area (Å²) in [6, 6.07) is 2.64. The molecule has 0 saturated carbocycles. The fourth-order valence-corrected chi connectivity index (χ4v) is 4.25. The van der Waals surface area contributed by atoms with Crippen LogP contribution in [0.5, 0.6) is 0 Å². The lowest BCUT2D eigenvalue weighted by atomic mass is 10.0. The normalized spacial score (nSPS) is 25.0. The highest BCUT2D eigenvalue weighted by Crippen LogP contribution is 2.30. The molecule has 2 aromatic rings. The van der Waals surface area contributed by atoms with Crippen molar-refractivity contribution in [3.05, 3.63) is 23.8 Å². The second kappa shape index (κ2) is 6.12. The Morgan fingerprint density at radius 1 is 1.25 bits per heavy atom. The summed E-state index contributed by atoms with van der Waals surface area (Å²) in [6.45, 7) is 7.15. The monoisotopic (exact) mass is 328 g/mol. The Balaban J connectivity index is 1.61. The topological polar surface area (TPSA) is 66.6 Å². The number of aryl methyl sites for hydroxylation is 1. The Labute approximate surface area is 141 Å². The van der Waals surface area contributed by atoms with Crippen molar-refractivity contribution < 1.29 is 4.79 Å². The molecule has 0 unspecified atom stereocenters. The molecule has 2 atom stereocenters. The Hall–Kier alpha value is -2.02. The summed E-state index contributed by atoms with van der Waals surface area (Å²) in [4.78, 5) is 26.1. The van der Waals surface area contributed by atoms with Gasteiger partial charge in [0.05, 0.1) is 0 Å². The lowest BCUT2D eigenvalue weighted by Crippen LogP contribution is -2.48. The quantitative estimate of drug-likeness (QED) is 0.855. The minimum atomic E-state index is -0.0506. The third-order valence-electron chi connectivity index (χ3n) is 5.45. The fourth-order valence-electron chi connectivity index (χ4n) is 4.25. The van der Waals surface area contributed by atoms with Gasteiger partial charge in [-0.25, -0.2) is 9.50 Å². The highest BCUT2D eigenvalue weighted by Gasteiger charge is 2.40. The van der Waals surface area contributed by atoms with Gasteiger partial charge in [-0.05, 0) is 51.8 Å². The molecule has 7 heteroatoms. The van der Waals surface area contributed by atoms with E-state index in [0.29, 0.717) is 17.9 Å². The zero-order valence-corrected chi connectivity index (χ0v) is 14.4. The van der Waals surface area contributed by atoms with Crippen molar-refractivity contribution in [2.24, 2.45) is 0 Å². The van der Waals surface area contributed by atoms with Gasteiger partial charge in [-0.3, -0.25) is 9.69 Å². The molecule has 0 aromatic carbocycles. The number of likely N-dealkylation sites (N-methyl/N-ethyl adjacent to an activating group) is 1. The van der Waals surface area contributed by atoms with E-state index in [4.69, 9.17) is 0 Å². The van der Waals surface area contributed by atoms with E-state index < -0.39 is 0 Å². The van der Waals surface area contributed by atoms with Crippen LogP contribution in [0.3, 0.4) is 0 Å². The first-order chi connectivity index (χ1) is 11.7. The maximum absolute atomic E-state index is 13.0. The molecule has 24 heavy (non-hydrogen) atoms. The van der Waals surface area contributed by atoms with Crippen LogP contribution in [0.1, 0.15) is 48.9 Å². The third kappa shape index (κ3) is 2.47. The van der Waals surface area contributed by atoms with Gasteiger partial charge in [0.1, 0.15) is 0 Å². The highest BCUT2D eigenvalue weighted by atomic mass is 16.2. The molecule has 0 radical (unpaired) electrons. The SMILES string of the molecule is CCN1CCC[C@@H]1[C@H]1CCCN1C(=O)c1nc2nccc(C)n2n1. The van der Waals surface area contributed by atoms with E-state index in [1.165, 1.54) is 12.8 Å². The average Bonchev–Trinajstić information content (AvgIpc) is 3.31. The van der Waals surface area contributed by atoms with Crippen LogP contribution >= 0.6 is 0 Å². The molecule has 0 aliphatic carbocycles. The van der Waals surface area contributed by atoms with Crippen molar-refractivity contribution in [1.82, 2.24) is 29.4 Å². The van der Waals surface area contributed by atoms with Crippen molar-refractivity contribution >= 4 is 11.7 Å². The Morgan fingerprint density at radius 2 is 2.04 bits per heavy atom. The number of hydrogen-bond donors (Lipinski definition) is 0. The van der Waals surface area contributed by atoms with Gasteiger partial charge in [0, 0.05) is 30.5 Å². The lowest BCUT2D eigenvalue weighted by molar-refractivity contribution is 0.0638. The summed E-state index contributed by atoms with van der Waals surface area (Å²) in [5.41, 5.74) is 0.928. The van der Waals surface area contributed by atoms with Crippen molar-refractivity contribution in [3.63, 3.8) is 0 Å². The molecule has 4 rings (SSSR count). The molecule has 2 fully saturated rings. The molecule has 0 N–H and O–H groups in total. The summed E-state index contributed by atoms with van der Waals surface area (Å²) in [5, 5.41) is 4.40. The van der Waals surface area contributed by atoms with E-state index >= 15 is 0 Å². The molecular formula is C17H24N6O. The molecular weight excluding hydrogens is 304 g/mol. The maximum Gasteiger partial charge on any atom is 0.293 e. The van der Waals surface area contributed by atoms with E-state index in [9.17, 15) is 4.79 Å². The minimum Gasteiger partial charge on any atom is -0.331 e. The van der Waals surface area contributed by atoms with Gasteiger partial charge in [0.2, 0.25) is 5.82 Å². The van der Waals surface area contributed by atoms with E-state index in [-0.39, 0.29) is 11.7 Å². The van der Waals surface area contributed by atoms with E-state index in [1.807, 2.05) is 17.9 Å². The van der Waals surface area contributed by atoms with Crippen molar-refractivity contribution in [1.29, 1.82) is 0 Å². The van der Waals surface area contributed by atoms with E-state index in [1.54, 1.807) is 10.7 Å². The van der Waals surface area contributed by atoms with Crippen LogP contribution in [0.2, 0.25) is 0 Å². The van der Waals surface area contributed by atoms with Crippen LogP contribution in [0.25, 0.3) is 5.78 Å². The molecule has 2 aliphatic heterocycles. The predicted molar refractivity (Wildman–Crippen MR) is 89.8 cm³/mol. The predicted octanol–water partition coefficient (Wildman–Crippen LogP) is 1.52. The summed E-state index contributed by atoms with van der Waals surface area (Å²) >= 11 is 0. The van der Waals surface area contributed by atoms with Crippen LogP contribution in [0.15, 0.2) is 12.3 Å². The van der Waals surface area contributed by atoms with Crippen LogP contribution in [-0.4, -0.2) is 67.0 Å². The standard InChI is InChI=1S/C17H24N6O/c1-3-21-10-4-6-13(21)14-7-5-11-22(14)16(24)15-19-17-18-9-8-12(2)23(17)20-15/h8-9,13-14H,3-7,10-11H2,1-2H3/t13-,14-/m1/s1. The first-order valence-corrected chi connectivity index (χ1v) is 8.92. The maximum atomic E-state index is 13.0. The average molecular weight is 328 g/mol. The second-order valence-electron chi connectivity index (χ2n) is 6.78. The van der Waals surface area contributed by atoms with Crippen LogP contribution in [-0.2, 0) is 0 Å². The van der Waals surface area contributed by atoms with Crippen LogP contribution in [0, 0.1) is 6.92 Å². The summed E-state index contributed by atoms with van der Waals surface area (Å²) in [5.74, 6) is 0.709. The number of hydrogen-bond acceptors (Lipinski definition) is 5. The van der Waals surface area contributed by atoms with Crippen molar-refractivity contribution in [2.45, 2.75) is 51.6 Å². The summed E-state index contributed by atoms with van der Waals surface area (Å²) in [6.07, 6.45) is 6.25. The highest BCUT2D eigenvalue weighted by molar-refractivity contribution is 5.91. The number of carbonyl (C=O) groups is 1. The van der Waals surface area contributed by atoms with Gasteiger partial charge >= 0.3 is 0 Å². The smallest absolute Gasteiger partial charge is 0.293 e. The van der Waals surface area contributed by atoms with Gasteiger partial charge in [-0.2, -0.15) is 4.98 Å². The van der Waals surface area contributed by atoms with E-state index in [0.717, 1.165) is 38.2 Å². The second-order valence-corrected chi connectivity index (χ2v) is 6.78. The third-order valence-corrected chi connectivity index (χ3v) is 5.45. The number of rotatable bonds is 3. The van der Waals surface area contributed by atoms with Crippen LogP contribution in [0.4, 0.5) is 0 Å². The Kier molecular flexibility index (Phi) is 3.96. The first-order valence-electron chi connectivity index (χ1n) is 8.92. The molecule has 7 nitrogen and oxygen atoms in total. The molecule has 2 saturated heterocycles. The molecule has 1 amide bonds. The largest absolute Gasteiger partial charge is 0.331 e.